The number of benzene rings is 1. The van der Waals surface area contributed by atoms with Gasteiger partial charge in [-0.05, 0) is 63.7 Å². The Kier molecular flexibility index (Phi) is 5.91. The van der Waals surface area contributed by atoms with Crippen molar-refractivity contribution in [3.8, 4) is 5.75 Å². The molecule has 3 heterocycles. The van der Waals surface area contributed by atoms with Gasteiger partial charge >= 0.3 is 12.0 Å². The predicted octanol–water partition coefficient (Wildman–Crippen LogP) is 2.71. The van der Waals surface area contributed by atoms with E-state index < -0.39 is 0 Å². The molecule has 7 nitrogen and oxygen atoms in total. The Labute approximate surface area is 179 Å². The highest BCUT2D eigenvalue weighted by atomic mass is 16.5. The van der Waals surface area contributed by atoms with Crippen molar-refractivity contribution in [2.24, 2.45) is 5.92 Å². The largest absolute Gasteiger partial charge is 0.426 e. The van der Waals surface area contributed by atoms with Crippen molar-refractivity contribution < 1.29 is 14.3 Å². The predicted molar refractivity (Wildman–Crippen MR) is 117 cm³/mol. The molecule has 7 heteroatoms. The van der Waals surface area contributed by atoms with Gasteiger partial charge in [0.25, 0.3) is 0 Å². The topological polar surface area (TPSA) is 73.9 Å². The number of esters is 1. The van der Waals surface area contributed by atoms with Gasteiger partial charge in [-0.25, -0.2) is 4.79 Å². The van der Waals surface area contributed by atoms with E-state index >= 15 is 0 Å². The van der Waals surface area contributed by atoms with E-state index in [2.05, 4.69) is 48.4 Å². The summed E-state index contributed by atoms with van der Waals surface area (Å²) in [4.78, 5) is 29.4. The fraction of sp³-hybridized carbons (Fsp3) is 0.652. The molecule has 30 heavy (non-hydrogen) atoms. The van der Waals surface area contributed by atoms with Gasteiger partial charge in [0.2, 0.25) is 0 Å². The van der Waals surface area contributed by atoms with Crippen LogP contribution < -0.4 is 20.3 Å². The van der Waals surface area contributed by atoms with E-state index in [9.17, 15) is 9.59 Å². The Balaban J connectivity index is 1.42. The van der Waals surface area contributed by atoms with Gasteiger partial charge in [0, 0.05) is 37.9 Å². The van der Waals surface area contributed by atoms with E-state index in [4.69, 9.17) is 4.74 Å². The Morgan fingerprint density at radius 1 is 1.20 bits per heavy atom. The summed E-state index contributed by atoms with van der Waals surface area (Å²) >= 11 is 0. The number of carbonyl (C=O) groups is 2. The van der Waals surface area contributed by atoms with Crippen LogP contribution in [0.3, 0.4) is 0 Å². The van der Waals surface area contributed by atoms with Crippen molar-refractivity contribution in [1.82, 2.24) is 15.5 Å². The monoisotopic (exact) mass is 414 g/mol. The minimum atomic E-state index is -0.228. The summed E-state index contributed by atoms with van der Waals surface area (Å²) in [5.41, 5.74) is 2.06. The molecule has 1 spiro atoms. The van der Waals surface area contributed by atoms with Crippen LogP contribution in [-0.4, -0.2) is 61.7 Å². The molecule has 2 unspecified atom stereocenters. The van der Waals surface area contributed by atoms with Gasteiger partial charge in [-0.15, -0.1) is 0 Å². The number of rotatable bonds is 6. The number of piperidine rings is 1. The van der Waals surface area contributed by atoms with Crippen LogP contribution in [0.2, 0.25) is 0 Å². The lowest BCUT2D eigenvalue weighted by Crippen LogP contribution is -2.51. The Morgan fingerprint density at radius 3 is 2.63 bits per heavy atom. The first kappa shape index (κ1) is 21.0. The third-order valence-corrected chi connectivity index (χ3v) is 7.16. The molecule has 2 fully saturated rings. The van der Waals surface area contributed by atoms with Crippen LogP contribution in [0.15, 0.2) is 18.2 Å². The van der Waals surface area contributed by atoms with Crippen LogP contribution in [0.4, 0.5) is 10.5 Å². The molecule has 2 saturated heterocycles. The van der Waals surface area contributed by atoms with Crippen molar-refractivity contribution in [2.45, 2.75) is 51.5 Å². The smallest absolute Gasteiger partial charge is 0.317 e. The molecule has 4 rings (SSSR count). The zero-order valence-electron chi connectivity index (χ0n) is 18.4. The summed E-state index contributed by atoms with van der Waals surface area (Å²) in [7, 11) is 0. The summed E-state index contributed by atoms with van der Waals surface area (Å²) in [6.07, 6.45) is 2.54. The number of ether oxygens (including phenoxy) is 1. The number of anilines is 1. The van der Waals surface area contributed by atoms with Crippen LogP contribution in [0.25, 0.3) is 0 Å². The fourth-order valence-corrected chi connectivity index (χ4v) is 5.19. The number of amides is 2. The molecule has 1 aromatic carbocycles. The van der Waals surface area contributed by atoms with Crippen LogP contribution in [0.5, 0.6) is 5.75 Å². The molecule has 1 aromatic rings. The first-order valence-electron chi connectivity index (χ1n) is 11.3. The average Bonchev–Trinajstić information content (AvgIpc) is 3.03. The Hall–Kier alpha value is -2.28. The SMILES string of the molecule is CCN(CC)c1ccc2c(c1)OC(=O)C(CCN1CC3(CCNCC3)NC1=O)C2C. The maximum absolute atomic E-state index is 12.8. The number of nitrogens with zero attached hydrogens (tertiary/aromatic N) is 2. The highest BCUT2D eigenvalue weighted by molar-refractivity contribution is 5.80. The maximum atomic E-state index is 12.8. The summed E-state index contributed by atoms with van der Waals surface area (Å²) < 4.78 is 5.75. The molecule has 3 aliphatic heterocycles. The van der Waals surface area contributed by atoms with E-state index in [0.29, 0.717) is 18.7 Å². The molecule has 2 N–H and O–H groups in total. The number of hydrogen-bond donors (Lipinski definition) is 2. The quantitative estimate of drug-likeness (QED) is 0.553. The minimum absolute atomic E-state index is 0.00186. The molecular formula is C23H34N4O3. The zero-order chi connectivity index (χ0) is 21.3. The summed E-state index contributed by atoms with van der Waals surface area (Å²) in [6, 6.07) is 6.20. The number of hydrogen-bond acceptors (Lipinski definition) is 5. The van der Waals surface area contributed by atoms with Crippen LogP contribution >= 0.6 is 0 Å². The molecule has 0 radical (unpaired) electrons. The van der Waals surface area contributed by atoms with Gasteiger partial charge in [0.1, 0.15) is 5.75 Å². The second kappa shape index (κ2) is 8.46. The average molecular weight is 415 g/mol. The van der Waals surface area contributed by atoms with E-state index in [0.717, 1.165) is 56.8 Å². The molecule has 164 valence electrons. The molecule has 0 aromatic heterocycles. The van der Waals surface area contributed by atoms with Crippen molar-refractivity contribution >= 4 is 17.7 Å². The van der Waals surface area contributed by atoms with Gasteiger partial charge in [-0.3, -0.25) is 4.79 Å². The maximum Gasteiger partial charge on any atom is 0.317 e. The summed E-state index contributed by atoms with van der Waals surface area (Å²) in [5.74, 6) is 0.350. The van der Waals surface area contributed by atoms with Crippen molar-refractivity contribution in [1.29, 1.82) is 0 Å². The van der Waals surface area contributed by atoms with E-state index in [1.54, 1.807) is 0 Å². The van der Waals surface area contributed by atoms with E-state index in [1.165, 1.54) is 0 Å². The lowest BCUT2D eigenvalue weighted by atomic mass is 9.82. The van der Waals surface area contributed by atoms with Crippen LogP contribution in [0, 0.1) is 5.92 Å². The standard InChI is InChI=1S/C23H34N4O3/c1-4-26(5-2)17-6-7-18-16(3)19(21(28)30-20(18)14-17)8-13-27-15-23(25-22(27)29)9-11-24-12-10-23/h6-7,14,16,19,24H,4-5,8-13,15H2,1-3H3,(H,25,29). The molecule has 0 saturated carbocycles. The number of carbonyl (C=O) groups excluding carboxylic acids is 2. The fourth-order valence-electron chi connectivity index (χ4n) is 5.19. The van der Waals surface area contributed by atoms with Gasteiger partial charge in [0.15, 0.2) is 0 Å². The number of urea groups is 1. The minimum Gasteiger partial charge on any atom is -0.426 e. The zero-order valence-corrected chi connectivity index (χ0v) is 18.4. The lowest BCUT2D eigenvalue weighted by Gasteiger charge is -2.33. The normalized spacial score (nSPS) is 25.1. The number of nitrogens with one attached hydrogen (secondary N) is 2. The van der Waals surface area contributed by atoms with Gasteiger partial charge < -0.3 is 25.2 Å². The number of fused-ring (bicyclic) bond motifs is 1. The third-order valence-electron chi connectivity index (χ3n) is 7.16. The molecule has 0 aliphatic carbocycles. The Bertz CT molecular complexity index is 802. The van der Waals surface area contributed by atoms with Crippen molar-refractivity contribution in [2.75, 3.05) is 44.2 Å². The first-order chi connectivity index (χ1) is 14.5. The van der Waals surface area contributed by atoms with E-state index in [-0.39, 0.29) is 29.4 Å². The van der Waals surface area contributed by atoms with E-state index in [1.807, 2.05) is 11.0 Å². The van der Waals surface area contributed by atoms with Crippen molar-refractivity contribution in [3.63, 3.8) is 0 Å². The Morgan fingerprint density at radius 2 is 1.93 bits per heavy atom. The van der Waals surface area contributed by atoms with Gasteiger partial charge in [-0.1, -0.05) is 13.0 Å². The molecular weight excluding hydrogens is 380 g/mol. The second-order valence-electron chi connectivity index (χ2n) is 8.88. The van der Waals surface area contributed by atoms with Crippen LogP contribution in [-0.2, 0) is 4.79 Å². The summed E-state index contributed by atoms with van der Waals surface area (Å²) in [6.45, 7) is 11.4. The molecule has 2 atom stereocenters. The third kappa shape index (κ3) is 3.87. The van der Waals surface area contributed by atoms with Crippen molar-refractivity contribution in [3.05, 3.63) is 23.8 Å². The molecule has 3 aliphatic rings. The molecule has 2 amide bonds. The van der Waals surface area contributed by atoms with Gasteiger partial charge in [-0.2, -0.15) is 0 Å². The molecule has 0 bridgehead atoms. The lowest BCUT2D eigenvalue weighted by molar-refractivity contribution is -0.141. The first-order valence-corrected chi connectivity index (χ1v) is 11.3. The van der Waals surface area contributed by atoms with Gasteiger partial charge in [0.05, 0.1) is 11.5 Å². The highest BCUT2D eigenvalue weighted by Crippen LogP contribution is 2.41. The summed E-state index contributed by atoms with van der Waals surface area (Å²) in [5, 5.41) is 6.55. The highest BCUT2D eigenvalue weighted by Gasteiger charge is 2.43. The van der Waals surface area contributed by atoms with Crippen LogP contribution in [0.1, 0.15) is 51.5 Å². The second-order valence-corrected chi connectivity index (χ2v) is 8.88.